The van der Waals surface area contributed by atoms with E-state index in [-0.39, 0.29) is 0 Å². The Bertz CT molecular complexity index is 817. The zero-order chi connectivity index (χ0) is 20.3. The molecule has 0 amide bonds. The molecule has 1 aromatic heterocycles. The van der Waals surface area contributed by atoms with Crippen molar-refractivity contribution in [3.8, 4) is 5.75 Å². The van der Waals surface area contributed by atoms with Crippen LogP contribution in [0.4, 0.5) is 0 Å². The predicted molar refractivity (Wildman–Crippen MR) is 94.8 cm³/mol. The highest BCUT2D eigenvalue weighted by molar-refractivity contribution is 7.98. The quantitative estimate of drug-likeness (QED) is 0.248. The lowest BCUT2D eigenvalue weighted by molar-refractivity contribution is -0.932. The van der Waals surface area contributed by atoms with Crippen molar-refractivity contribution in [2.45, 2.75) is 41.5 Å². The number of thioether (sulfide) groups is 1. The molecule has 1 fully saturated rings. The minimum absolute atomic E-state index is 0.294. The molecule has 0 bridgehead atoms. The van der Waals surface area contributed by atoms with E-state index < -0.39 is 36.7 Å². The third-order valence-electron chi connectivity index (χ3n) is 4.18. The average molecular weight is 410 g/mol. The molecule has 2 heterocycles. The molecular weight excluding hydrogens is 390 g/mol. The van der Waals surface area contributed by atoms with Gasteiger partial charge in [0.15, 0.2) is 6.10 Å². The number of hydrogen-bond acceptors (Lipinski definition) is 8. The summed E-state index contributed by atoms with van der Waals surface area (Å²) in [4.78, 5) is 11.1. The van der Waals surface area contributed by atoms with Crippen molar-refractivity contribution < 1.29 is 44.6 Å². The lowest BCUT2D eigenvalue weighted by Crippen LogP contribution is -2.61. The van der Waals surface area contributed by atoms with Gasteiger partial charge in [-0.3, -0.25) is 5.21 Å². The van der Waals surface area contributed by atoms with E-state index in [9.17, 15) is 25.3 Å². The van der Waals surface area contributed by atoms with Crippen LogP contribution in [0.3, 0.4) is 0 Å². The molecule has 2 aromatic rings. The van der Waals surface area contributed by atoms with Crippen molar-refractivity contribution in [1.29, 1.82) is 0 Å². The molecule has 3 rings (SSSR count). The van der Waals surface area contributed by atoms with Crippen LogP contribution in [0.2, 0.25) is 0 Å². The van der Waals surface area contributed by atoms with Gasteiger partial charge in [0, 0.05) is 22.6 Å². The Balaban J connectivity index is 1.62. The number of carbonyl (C=O) groups is 1. The van der Waals surface area contributed by atoms with Crippen LogP contribution in [-0.2, 0) is 15.3 Å². The number of nitrogens with zero attached hydrogens (tertiary/aromatic N) is 1. The predicted octanol–water partition coefficient (Wildman–Crippen LogP) is -0.225. The summed E-state index contributed by atoms with van der Waals surface area (Å²) >= 11 is 1.43. The van der Waals surface area contributed by atoms with Gasteiger partial charge in [-0.15, -0.1) is 0 Å². The van der Waals surface area contributed by atoms with Crippen LogP contribution in [0.5, 0.6) is 5.75 Å². The maximum Gasteiger partial charge on any atom is 0.335 e. The Morgan fingerprint density at radius 1 is 1.07 bits per heavy atom. The van der Waals surface area contributed by atoms with Crippen molar-refractivity contribution in [2.75, 3.05) is 0 Å². The standard InChI is InChI=1S/C18H19NO8S/c20-13-14(21)16(17(23)24)27-18(15(13)22)26-11-6-4-10(5-7-11)9-28-12-3-1-2-8-19(12)25/h1-8,13-16,18,20-22H,9H2,(H-,23,24,25)/p+1. The first-order valence-corrected chi connectivity index (χ1v) is 9.36. The van der Waals surface area contributed by atoms with E-state index in [1.165, 1.54) is 18.0 Å². The van der Waals surface area contributed by atoms with Crippen molar-refractivity contribution in [3.63, 3.8) is 0 Å². The zero-order valence-electron chi connectivity index (χ0n) is 14.5. The van der Waals surface area contributed by atoms with Crippen LogP contribution in [0.1, 0.15) is 5.56 Å². The van der Waals surface area contributed by atoms with Gasteiger partial charge in [-0.05, 0) is 35.5 Å². The van der Waals surface area contributed by atoms with Crippen LogP contribution in [-0.4, -0.2) is 62.3 Å². The van der Waals surface area contributed by atoms with E-state index in [1.807, 2.05) is 6.07 Å². The highest BCUT2D eigenvalue weighted by atomic mass is 32.2. The largest absolute Gasteiger partial charge is 0.479 e. The maximum atomic E-state index is 11.1. The van der Waals surface area contributed by atoms with Gasteiger partial charge < -0.3 is 29.9 Å². The molecule has 28 heavy (non-hydrogen) atoms. The smallest absolute Gasteiger partial charge is 0.335 e. The Morgan fingerprint density at radius 3 is 2.43 bits per heavy atom. The highest BCUT2D eigenvalue weighted by Gasteiger charge is 2.48. The Morgan fingerprint density at radius 2 is 1.79 bits per heavy atom. The van der Waals surface area contributed by atoms with Crippen molar-refractivity contribution in [2.24, 2.45) is 0 Å². The van der Waals surface area contributed by atoms with Gasteiger partial charge in [0.25, 0.3) is 5.03 Å². The monoisotopic (exact) mass is 410 g/mol. The summed E-state index contributed by atoms with van der Waals surface area (Å²) in [5.74, 6) is -0.594. The van der Waals surface area contributed by atoms with Crippen LogP contribution >= 0.6 is 11.8 Å². The minimum Gasteiger partial charge on any atom is -0.479 e. The summed E-state index contributed by atoms with van der Waals surface area (Å²) in [7, 11) is 0. The topological polar surface area (TPSA) is 141 Å². The third-order valence-corrected chi connectivity index (χ3v) is 5.27. The summed E-state index contributed by atoms with van der Waals surface area (Å²) in [5, 5.41) is 48.9. The number of benzene rings is 1. The van der Waals surface area contributed by atoms with Gasteiger partial charge in [0.2, 0.25) is 12.5 Å². The first-order chi connectivity index (χ1) is 13.4. The zero-order valence-corrected chi connectivity index (χ0v) is 15.3. The fourth-order valence-electron chi connectivity index (χ4n) is 2.64. The lowest BCUT2D eigenvalue weighted by atomic mass is 9.99. The van der Waals surface area contributed by atoms with E-state index in [4.69, 9.17) is 14.6 Å². The number of pyridine rings is 1. The van der Waals surface area contributed by atoms with Gasteiger partial charge in [0.1, 0.15) is 24.1 Å². The van der Waals surface area contributed by atoms with Crippen LogP contribution in [0, 0.1) is 0 Å². The number of rotatable bonds is 6. The van der Waals surface area contributed by atoms with E-state index in [0.29, 0.717) is 16.5 Å². The van der Waals surface area contributed by atoms with Gasteiger partial charge in [-0.2, -0.15) is 0 Å². The van der Waals surface area contributed by atoms with Crippen LogP contribution in [0.15, 0.2) is 53.7 Å². The number of carboxylic acid groups (broad SMARTS) is 1. The molecule has 9 nitrogen and oxygen atoms in total. The number of carboxylic acids is 1. The normalized spacial score (nSPS) is 27.3. The molecule has 1 aliphatic heterocycles. The number of aliphatic carboxylic acids is 1. The molecule has 1 aliphatic rings. The number of hydrogen-bond donors (Lipinski definition) is 5. The summed E-state index contributed by atoms with van der Waals surface area (Å²) in [5.41, 5.74) is 0.935. The van der Waals surface area contributed by atoms with Crippen molar-refractivity contribution in [1.82, 2.24) is 0 Å². The second-order valence-electron chi connectivity index (χ2n) is 6.17. The molecule has 1 saturated heterocycles. The summed E-state index contributed by atoms with van der Waals surface area (Å²) in [6.45, 7) is 0. The maximum absolute atomic E-state index is 11.1. The van der Waals surface area contributed by atoms with E-state index >= 15 is 0 Å². The highest BCUT2D eigenvalue weighted by Crippen LogP contribution is 2.26. The Kier molecular flexibility index (Phi) is 6.37. The number of aromatic nitrogens is 1. The Hall–Kier alpha value is -2.37. The molecule has 5 unspecified atom stereocenters. The van der Waals surface area contributed by atoms with Crippen LogP contribution < -0.4 is 9.47 Å². The second-order valence-corrected chi connectivity index (χ2v) is 7.16. The first-order valence-electron chi connectivity index (χ1n) is 8.37. The number of aliphatic hydroxyl groups is 3. The molecule has 0 aliphatic carbocycles. The van der Waals surface area contributed by atoms with E-state index in [2.05, 4.69) is 0 Å². The third kappa shape index (κ3) is 4.54. The van der Waals surface area contributed by atoms with Crippen molar-refractivity contribution >= 4 is 17.7 Å². The van der Waals surface area contributed by atoms with Gasteiger partial charge in [-0.1, -0.05) is 12.1 Å². The second kappa shape index (κ2) is 8.76. The average Bonchev–Trinajstić information content (AvgIpc) is 2.68. The number of ether oxygens (including phenoxy) is 2. The van der Waals surface area contributed by atoms with Crippen molar-refractivity contribution in [3.05, 3.63) is 54.2 Å². The van der Waals surface area contributed by atoms with Gasteiger partial charge >= 0.3 is 5.97 Å². The molecule has 1 aromatic carbocycles. The fraction of sp³-hybridized carbons (Fsp3) is 0.333. The molecule has 0 saturated carbocycles. The molecule has 150 valence electrons. The van der Waals surface area contributed by atoms with E-state index in [0.717, 1.165) is 10.3 Å². The lowest BCUT2D eigenvalue weighted by Gasteiger charge is -2.38. The van der Waals surface area contributed by atoms with Crippen LogP contribution in [0.25, 0.3) is 0 Å². The minimum atomic E-state index is -1.76. The molecule has 10 heteroatoms. The molecule has 0 spiro atoms. The summed E-state index contributed by atoms with van der Waals surface area (Å²) < 4.78 is 11.6. The van der Waals surface area contributed by atoms with E-state index in [1.54, 1.807) is 36.4 Å². The molecular formula is C18H20NO8S+. The fourth-order valence-corrected chi connectivity index (χ4v) is 3.51. The Labute approximate surface area is 164 Å². The summed E-state index contributed by atoms with van der Waals surface area (Å²) in [6.07, 6.45) is -6.72. The molecule has 0 radical (unpaired) electrons. The molecule has 5 N–H and O–H groups in total. The van der Waals surface area contributed by atoms with Gasteiger partial charge in [-0.25, -0.2) is 4.79 Å². The number of aliphatic hydroxyl groups excluding tert-OH is 3. The first kappa shape index (κ1) is 20.4. The summed E-state index contributed by atoms with van der Waals surface area (Å²) in [6, 6.07) is 12.1. The molecule has 5 atom stereocenters. The SMILES string of the molecule is O=C(O)C1OC(Oc2ccc(CSc3cccc[n+]3O)cc2)C(O)C(O)C1O. The van der Waals surface area contributed by atoms with Gasteiger partial charge in [0.05, 0.1) is 0 Å².